The van der Waals surface area contributed by atoms with Crippen LogP contribution in [0.25, 0.3) is 12.2 Å². The maximum atomic E-state index is 11.5. The molecule has 1 aromatic heterocycles. The van der Waals surface area contributed by atoms with E-state index in [2.05, 4.69) is 47.9 Å². The van der Waals surface area contributed by atoms with Crippen molar-refractivity contribution in [2.24, 2.45) is 5.41 Å². The highest BCUT2D eigenvalue weighted by atomic mass is 32.2. The van der Waals surface area contributed by atoms with Gasteiger partial charge in [0.2, 0.25) is 0 Å². The number of carboxylic acid groups (broad SMARTS) is 1. The highest BCUT2D eigenvalue weighted by Gasteiger charge is 2.44. The number of thiazole rings is 1. The fourth-order valence-electron chi connectivity index (χ4n) is 5.93. The molecule has 3 aromatic rings. The van der Waals surface area contributed by atoms with Gasteiger partial charge in [-0.25, -0.2) is 4.98 Å². The van der Waals surface area contributed by atoms with Gasteiger partial charge < -0.3 is 10.2 Å². The highest BCUT2D eigenvalue weighted by molar-refractivity contribution is 7.99. The van der Waals surface area contributed by atoms with Gasteiger partial charge in [-0.3, -0.25) is 4.79 Å². The number of thioether (sulfide) groups is 1. The van der Waals surface area contributed by atoms with Gasteiger partial charge in [0.15, 0.2) is 0 Å². The van der Waals surface area contributed by atoms with E-state index in [1.165, 1.54) is 42.5 Å². The van der Waals surface area contributed by atoms with Crippen LogP contribution in [0.15, 0.2) is 53.9 Å². The van der Waals surface area contributed by atoms with Gasteiger partial charge >= 0.3 is 5.97 Å². The van der Waals surface area contributed by atoms with Crippen LogP contribution in [0.1, 0.15) is 109 Å². The van der Waals surface area contributed by atoms with E-state index in [9.17, 15) is 15.0 Å². The summed E-state index contributed by atoms with van der Waals surface area (Å²) < 4.78 is 0. The number of aryl methyl sites for hydroxylation is 1. The molecule has 6 heteroatoms. The molecule has 2 aromatic carbocycles. The first kappa shape index (κ1) is 29.1. The second-order valence-corrected chi connectivity index (χ2v) is 14.3. The molecule has 0 bridgehead atoms. The Balaban J connectivity index is 1.33. The largest absolute Gasteiger partial charge is 0.481 e. The molecule has 0 spiro atoms. The summed E-state index contributed by atoms with van der Waals surface area (Å²) in [4.78, 5) is 16.4. The quantitative estimate of drug-likeness (QED) is 0.213. The molecular weight excluding hydrogens is 535 g/mol. The summed E-state index contributed by atoms with van der Waals surface area (Å²) in [5, 5.41) is 23.7. The Labute approximate surface area is 247 Å². The predicted octanol–water partition coefficient (Wildman–Crippen LogP) is 8.86. The number of aliphatic carboxylic acids is 1. The lowest BCUT2D eigenvalue weighted by Crippen LogP contribution is -2.18. The minimum Gasteiger partial charge on any atom is -0.481 e. The molecule has 2 fully saturated rings. The van der Waals surface area contributed by atoms with Crippen molar-refractivity contribution in [1.82, 2.24) is 4.98 Å². The summed E-state index contributed by atoms with van der Waals surface area (Å²) in [6, 6.07) is 16.9. The maximum Gasteiger partial charge on any atom is 0.303 e. The monoisotopic (exact) mass is 575 g/mol. The zero-order valence-corrected chi connectivity index (χ0v) is 25.3. The number of carbonyl (C=O) groups is 1. The number of aliphatic hydroxyl groups is 1. The van der Waals surface area contributed by atoms with Crippen molar-refractivity contribution in [2.45, 2.75) is 88.4 Å². The Morgan fingerprint density at radius 2 is 1.93 bits per heavy atom. The second-order valence-electron chi connectivity index (χ2n) is 12.2. The van der Waals surface area contributed by atoms with Crippen molar-refractivity contribution in [3.8, 4) is 0 Å². The van der Waals surface area contributed by atoms with Gasteiger partial charge in [0.1, 0.15) is 5.01 Å². The first-order chi connectivity index (χ1) is 19.2. The average molecular weight is 576 g/mol. The lowest BCUT2D eigenvalue weighted by molar-refractivity contribution is -0.138. The van der Waals surface area contributed by atoms with Crippen LogP contribution in [0.2, 0.25) is 0 Å². The van der Waals surface area contributed by atoms with Crippen molar-refractivity contribution in [3.63, 3.8) is 0 Å². The minimum atomic E-state index is -0.892. The van der Waals surface area contributed by atoms with Crippen molar-refractivity contribution >= 4 is 41.2 Å². The molecular formula is C34H41NO3S2. The Morgan fingerprint density at radius 1 is 1.15 bits per heavy atom. The molecule has 212 valence electrons. The molecule has 2 N–H and O–H groups in total. The molecule has 0 aliphatic heterocycles. The number of carboxylic acids is 1. The topological polar surface area (TPSA) is 70.4 Å². The molecule has 0 radical (unpaired) electrons. The predicted molar refractivity (Wildman–Crippen MR) is 168 cm³/mol. The third-order valence-electron chi connectivity index (χ3n) is 8.44. The lowest BCUT2D eigenvalue weighted by Gasteiger charge is -2.24. The number of nitrogens with zero attached hydrogens (tertiary/aromatic N) is 1. The zero-order chi connectivity index (χ0) is 28.2. The summed E-state index contributed by atoms with van der Waals surface area (Å²) in [6.45, 7) is 3.69. The highest BCUT2D eigenvalue weighted by Crippen LogP contribution is 2.53. The fourth-order valence-corrected chi connectivity index (χ4v) is 8.29. The Kier molecular flexibility index (Phi) is 9.18. The molecule has 0 amide bonds. The van der Waals surface area contributed by atoms with E-state index >= 15 is 0 Å². The summed E-state index contributed by atoms with van der Waals surface area (Å²) in [5.41, 5.74) is 4.88. The van der Waals surface area contributed by atoms with Gasteiger partial charge in [-0.15, -0.1) is 11.3 Å². The smallest absolute Gasteiger partial charge is 0.303 e. The Morgan fingerprint density at radius 3 is 2.65 bits per heavy atom. The third-order valence-corrected chi connectivity index (χ3v) is 11.0. The van der Waals surface area contributed by atoms with E-state index in [0.717, 1.165) is 47.6 Å². The number of hydrogen-bond acceptors (Lipinski definition) is 5. The van der Waals surface area contributed by atoms with Crippen LogP contribution >= 0.6 is 23.1 Å². The van der Waals surface area contributed by atoms with Crippen LogP contribution in [-0.2, 0) is 16.8 Å². The lowest BCUT2D eigenvalue weighted by atomic mass is 9.90. The van der Waals surface area contributed by atoms with E-state index in [1.54, 1.807) is 11.3 Å². The summed E-state index contributed by atoms with van der Waals surface area (Å²) in [5.74, 6) is 0.802. The van der Waals surface area contributed by atoms with Crippen LogP contribution < -0.4 is 0 Å². The van der Waals surface area contributed by atoms with E-state index in [0.29, 0.717) is 5.92 Å². The Hall–Kier alpha value is -2.41. The summed E-state index contributed by atoms with van der Waals surface area (Å²) in [6.07, 6.45) is 13.5. The molecule has 40 heavy (non-hydrogen) atoms. The van der Waals surface area contributed by atoms with Gasteiger partial charge in [0.05, 0.1) is 17.7 Å². The van der Waals surface area contributed by atoms with Gasteiger partial charge in [0.25, 0.3) is 0 Å². The Bertz CT molecular complexity index is 1330. The molecule has 2 aliphatic carbocycles. The SMILES string of the molecule is CC(C)(O)c1ccccc1CC[C@@H](SCC1(CC(=O)O)CC1)c1cccc(/C=C/c2nc(C3CCCC3)cs2)c1. The van der Waals surface area contributed by atoms with Crippen LogP contribution in [0.4, 0.5) is 0 Å². The standard InChI is InChI=1S/C34H41NO3S2/c1-33(2,38)28-13-6-5-9-25(28)15-16-30(40-23-34(18-19-34)21-32(36)37)27-12-7-8-24(20-27)14-17-31-35-29(22-39-31)26-10-3-4-11-26/h5-9,12-14,17,20,22,26,30,38H,3-4,10-11,15-16,18-19,21,23H2,1-2H3,(H,36,37)/b17-14+/t30-/m1/s1. The van der Waals surface area contributed by atoms with Crippen LogP contribution in [-0.4, -0.2) is 26.9 Å². The first-order valence-electron chi connectivity index (χ1n) is 14.6. The van der Waals surface area contributed by atoms with Gasteiger partial charge in [-0.05, 0) is 86.1 Å². The summed E-state index contributed by atoms with van der Waals surface area (Å²) in [7, 11) is 0. The molecule has 4 nitrogen and oxygen atoms in total. The van der Waals surface area contributed by atoms with Crippen molar-refractivity contribution in [1.29, 1.82) is 0 Å². The maximum absolute atomic E-state index is 11.5. The molecule has 2 aliphatic rings. The molecule has 2 saturated carbocycles. The van der Waals surface area contributed by atoms with E-state index in [4.69, 9.17) is 4.98 Å². The first-order valence-corrected chi connectivity index (χ1v) is 16.5. The van der Waals surface area contributed by atoms with Crippen LogP contribution in [0, 0.1) is 5.41 Å². The summed E-state index contributed by atoms with van der Waals surface area (Å²) >= 11 is 3.63. The number of hydrogen-bond donors (Lipinski definition) is 2. The fraction of sp³-hybridized carbons (Fsp3) is 0.471. The van der Waals surface area contributed by atoms with E-state index in [1.807, 2.05) is 43.8 Å². The van der Waals surface area contributed by atoms with E-state index < -0.39 is 11.6 Å². The third kappa shape index (κ3) is 7.65. The van der Waals surface area contributed by atoms with Gasteiger partial charge in [0, 0.05) is 22.3 Å². The minimum absolute atomic E-state index is 0.0564. The van der Waals surface area contributed by atoms with Crippen molar-refractivity contribution in [2.75, 3.05) is 5.75 Å². The van der Waals surface area contributed by atoms with Crippen molar-refractivity contribution < 1.29 is 15.0 Å². The number of aromatic nitrogens is 1. The number of benzene rings is 2. The molecule has 0 unspecified atom stereocenters. The van der Waals surface area contributed by atoms with E-state index in [-0.39, 0.29) is 17.1 Å². The second kappa shape index (κ2) is 12.6. The van der Waals surface area contributed by atoms with Crippen LogP contribution in [0.3, 0.4) is 0 Å². The zero-order valence-electron chi connectivity index (χ0n) is 23.6. The average Bonchev–Trinajstić information content (AvgIpc) is 3.30. The van der Waals surface area contributed by atoms with Gasteiger partial charge in [-0.2, -0.15) is 11.8 Å². The van der Waals surface area contributed by atoms with Crippen LogP contribution in [0.5, 0.6) is 0 Å². The molecule has 0 saturated heterocycles. The molecule has 1 atom stereocenters. The van der Waals surface area contributed by atoms with Crippen molar-refractivity contribution in [3.05, 3.63) is 86.9 Å². The number of rotatable bonds is 13. The molecule has 1 heterocycles. The van der Waals surface area contributed by atoms with Gasteiger partial charge in [-0.1, -0.05) is 67.4 Å². The normalized spacial score (nSPS) is 17.9. The molecule has 5 rings (SSSR count).